The van der Waals surface area contributed by atoms with Gasteiger partial charge in [0.2, 0.25) is 5.95 Å². The number of para-hydroxylation sites is 1. The highest BCUT2D eigenvalue weighted by Gasteiger charge is 2.25. The van der Waals surface area contributed by atoms with Crippen molar-refractivity contribution in [3.05, 3.63) is 57.7 Å². The molecule has 10 heteroatoms. The zero-order chi connectivity index (χ0) is 26.8. The van der Waals surface area contributed by atoms with Gasteiger partial charge in [-0.1, -0.05) is 35.3 Å². The molecule has 1 saturated carbocycles. The average molecular weight is 556 g/mol. The number of aromatic nitrogens is 3. The Bertz CT molecular complexity index is 1460. The Morgan fingerprint density at radius 3 is 2.58 bits per heavy atom. The van der Waals surface area contributed by atoms with Crippen LogP contribution < -0.4 is 15.5 Å². The Morgan fingerprint density at radius 2 is 1.84 bits per heavy atom. The lowest BCUT2D eigenvalue weighted by molar-refractivity contribution is 0.0519. The molecular formula is C28H32Cl2N6O2. The smallest absolute Gasteiger partial charge is 0.355 e. The van der Waals surface area contributed by atoms with Gasteiger partial charge in [-0.3, -0.25) is 0 Å². The fourth-order valence-electron chi connectivity index (χ4n) is 5.20. The number of rotatable bonds is 8. The first kappa shape index (κ1) is 26.5. The summed E-state index contributed by atoms with van der Waals surface area (Å²) in [5.74, 6) is 1.17. The highest BCUT2D eigenvalue weighted by atomic mass is 35.5. The van der Waals surface area contributed by atoms with E-state index in [0.29, 0.717) is 46.9 Å². The molecular weight excluding hydrogens is 523 g/mol. The quantitative estimate of drug-likeness (QED) is 0.224. The van der Waals surface area contributed by atoms with Gasteiger partial charge in [-0.25, -0.2) is 9.78 Å². The maximum Gasteiger partial charge on any atom is 0.355 e. The third-order valence-corrected chi connectivity index (χ3v) is 7.55. The standard InChI is InChI=1S/C28H32Cl2N6O2/c1-4-38-27(37)25-20(24-21(30)13-16(29)14-23(24)33-25)15-31-17-9-11-18(12-10-17)32-28-34-22-8-6-5-7-19(22)26(35-28)36(2)3/h5-8,13-14,17-18,31,33H,4,9-12,15H2,1-3H3,(H,32,34,35)/t17-,18+. The summed E-state index contributed by atoms with van der Waals surface area (Å²) < 4.78 is 5.28. The molecule has 3 N–H and O–H groups in total. The van der Waals surface area contributed by atoms with Gasteiger partial charge in [0, 0.05) is 59.6 Å². The molecule has 2 aromatic heterocycles. The number of aromatic amines is 1. The molecule has 38 heavy (non-hydrogen) atoms. The van der Waals surface area contributed by atoms with Crippen molar-refractivity contribution in [1.82, 2.24) is 20.3 Å². The van der Waals surface area contributed by atoms with Crippen LogP contribution in [0.25, 0.3) is 21.8 Å². The van der Waals surface area contributed by atoms with Gasteiger partial charge in [-0.15, -0.1) is 0 Å². The number of halogens is 2. The minimum absolute atomic E-state index is 0.295. The lowest BCUT2D eigenvalue weighted by atomic mass is 9.91. The number of esters is 1. The molecule has 200 valence electrons. The van der Waals surface area contributed by atoms with Crippen LogP contribution in [-0.2, 0) is 11.3 Å². The first-order valence-corrected chi connectivity index (χ1v) is 13.7. The molecule has 2 heterocycles. The number of benzene rings is 2. The van der Waals surface area contributed by atoms with Crippen LogP contribution in [0.5, 0.6) is 0 Å². The average Bonchev–Trinajstić information content (AvgIpc) is 3.26. The minimum atomic E-state index is -0.395. The number of carbonyl (C=O) groups is 1. The van der Waals surface area contributed by atoms with E-state index in [9.17, 15) is 4.79 Å². The molecule has 0 bridgehead atoms. The molecule has 4 aromatic rings. The first-order chi connectivity index (χ1) is 18.3. The van der Waals surface area contributed by atoms with Gasteiger partial charge in [0.05, 0.1) is 17.1 Å². The third-order valence-electron chi connectivity index (χ3n) is 7.03. The maximum absolute atomic E-state index is 12.7. The summed E-state index contributed by atoms with van der Waals surface area (Å²) in [5, 5.41) is 10.1. The summed E-state index contributed by atoms with van der Waals surface area (Å²) in [6.07, 6.45) is 3.95. The lowest BCUT2D eigenvalue weighted by Gasteiger charge is -2.30. The number of H-pyrrole nitrogens is 1. The number of nitrogens with one attached hydrogen (secondary N) is 3. The van der Waals surface area contributed by atoms with Gasteiger partial charge >= 0.3 is 5.97 Å². The highest BCUT2D eigenvalue weighted by Crippen LogP contribution is 2.33. The Labute approximate surface area is 232 Å². The molecule has 0 amide bonds. The van der Waals surface area contributed by atoms with E-state index in [1.807, 2.05) is 43.3 Å². The maximum atomic E-state index is 12.7. The van der Waals surface area contributed by atoms with Crippen molar-refractivity contribution in [2.75, 3.05) is 30.9 Å². The van der Waals surface area contributed by atoms with Crippen molar-refractivity contribution >= 4 is 62.7 Å². The molecule has 0 atom stereocenters. The minimum Gasteiger partial charge on any atom is -0.461 e. The molecule has 1 fully saturated rings. The van der Waals surface area contributed by atoms with Gasteiger partial charge in [0.1, 0.15) is 11.5 Å². The van der Waals surface area contributed by atoms with Crippen LogP contribution in [-0.4, -0.2) is 53.7 Å². The second kappa shape index (κ2) is 11.4. The zero-order valence-corrected chi connectivity index (χ0v) is 23.3. The molecule has 1 aliphatic rings. The molecule has 0 unspecified atom stereocenters. The molecule has 0 aliphatic heterocycles. The summed E-state index contributed by atoms with van der Waals surface area (Å²) in [6.45, 7) is 2.58. The summed E-state index contributed by atoms with van der Waals surface area (Å²) in [7, 11) is 4.00. The van der Waals surface area contributed by atoms with Crippen molar-refractivity contribution in [2.24, 2.45) is 0 Å². The van der Waals surface area contributed by atoms with Crippen molar-refractivity contribution in [3.63, 3.8) is 0 Å². The van der Waals surface area contributed by atoms with Crippen LogP contribution in [0.4, 0.5) is 11.8 Å². The third kappa shape index (κ3) is 5.53. The largest absolute Gasteiger partial charge is 0.461 e. The first-order valence-electron chi connectivity index (χ1n) is 12.9. The van der Waals surface area contributed by atoms with E-state index < -0.39 is 5.97 Å². The monoisotopic (exact) mass is 554 g/mol. The fourth-order valence-corrected chi connectivity index (χ4v) is 5.81. The molecule has 0 radical (unpaired) electrons. The van der Waals surface area contributed by atoms with E-state index >= 15 is 0 Å². The van der Waals surface area contributed by atoms with Gasteiger partial charge in [0.15, 0.2) is 0 Å². The number of nitrogens with zero attached hydrogens (tertiary/aromatic N) is 3. The Morgan fingerprint density at radius 1 is 1.11 bits per heavy atom. The van der Waals surface area contributed by atoms with Crippen LogP contribution in [0.1, 0.15) is 48.7 Å². The predicted molar refractivity (Wildman–Crippen MR) is 155 cm³/mol. The normalized spacial score (nSPS) is 17.6. The summed E-state index contributed by atoms with van der Waals surface area (Å²) >= 11 is 12.7. The van der Waals surface area contributed by atoms with Crippen molar-refractivity contribution in [1.29, 1.82) is 0 Å². The molecule has 0 spiro atoms. The summed E-state index contributed by atoms with van der Waals surface area (Å²) in [5.41, 5.74) is 2.88. The van der Waals surface area contributed by atoms with E-state index in [2.05, 4.69) is 15.6 Å². The number of ether oxygens (including phenoxy) is 1. The van der Waals surface area contributed by atoms with Gasteiger partial charge in [0.25, 0.3) is 0 Å². The van der Waals surface area contributed by atoms with Gasteiger partial charge < -0.3 is 25.3 Å². The zero-order valence-electron chi connectivity index (χ0n) is 21.8. The molecule has 0 saturated heterocycles. The second-order valence-corrected chi connectivity index (χ2v) is 10.7. The SMILES string of the molecule is CCOC(=O)c1[nH]c2cc(Cl)cc(Cl)c2c1CN[C@H]1CC[C@@H](Nc2nc(N(C)C)c3ccccc3n2)CC1. The summed E-state index contributed by atoms with van der Waals surface area (Å²) in [6, 6.07) is 12.2. The number of hydrogen-bond acceptors (Lipinski definition) is 7. The molecule has 5 rings (SSSR count). The predicted octanol–water partition coefficient (Wildman–Crippen LogP) is 6.17. The van der Waals surface area contributed by atoms with Gasteiger partial charge in [-0.05, 0) is 56.9 Å². The van der Waals surface area contributed by atoms with Crippen molar-refractivity contribution in [2.45, 2.75) is 51.2 Å². The van der Waals surface area contributed by atoms with Crippen molar-refractivity contribution < 1.29 is 9.53 Å². The summed E-state index contributed by atoms with van der Waals surface area (Å²) in [4.78, 5) is 27.4. The van der Waals surface area contributed by atoms with E-state index in [-0.39, 0.29) is 0 Å². The topological polar surface area (TPSA) is 95.2 Å². The highest BCUT2D eigenvalue weighted by molar-refractivity contribution is 6.39. The molecule has 2 aromatic carbocycles. The van der Waals surface area contributed by atoms with Crippen LogP contribution in [0.3, 0.4) is 0 Å². The Balaban J connectivity index is 1.26. The van der Waals surface area contributed by atoms with Crippen LogP contribution >= 0.6 is 23.2 Å². The lowest BCUT2D eigenvalue weighted by Crippen LogP contribution is -2.37. The Kier molecular flexibility index (Phi) is 7.93. The van der Waals surface area contributed by atoms with E-state index in [4.69, 9.17) is 37.9 Å². The van der Waals surface area contributed by atoms with Crippen LogP contribution in [0, 0.1) is 0 Å². The van der Waals surface area contributed by atoms with Crippen LogP contribution in [0.15, 0.2) is 36.4 Å². The Hall–Kier alpha value is -3.07. The number of anilines is 2. The number of fused-ring (bicyclic) bond motifs is 2. The van der Waals surface area contributed by atoms with Crippen LogP contribution in [0.2, 0.25) is 10.0 Å². The van der Waals surface area contributed by atoms with E-state index in [1.54, 1.807) is 19.1 Å². The molecule has 8 nitrogen and oxygen atoms in total. The molecule has 1 aliphatic carbocycles. The number of carbonyl (C=O) groups excluding carboxylic acids is 1. The van der Waals surface area contributed by atoms with Crippen molar-refractivity contribution in [3.8, 4) is 0 Å². The second-order valence-electron chi connectivity index (χ2n) is 9.87. The fraction of sp³-hybridized carbons (Fsp3) is 0.393. The number of hydrogen-bond donors (Lipinski definition) is 3. The van der Waals surface area contributed by atoms with E-state index in [1.165, 1.54) is 0 Å². The van der Waals surface area contributed by atoms with Gasteiger partial charge in [-0.2, -0.15) is 4.98 Å². The van der Waals surface area contributed by atoms with E-state index in [0.717, 1.165) is 58.9 Å².